The van der Waals surface area contributed by atoms with Gasteiger partial charge < -0.3 is 5.73 Å². The maximum atomic E-state index is 10.9. The molecule has 1 atom stereocenters. The number of aromatic nitrogens is 2. The van der Waals surface area contributed by atoms with Gasteiger partial charge in [0, 0.05) is 23.9 Å². The van der Waals surface area contributed by atoms with Crippen molar-refractivity contribution in [1.82, 2.24) is 14.9 Å². The van der Waals surface area contributed by atoms with Crippen LogP contribution in [0.3, 0.4) is 0 Å². The number of carbonyl (C=O) groups excluding carboxylic acids is 1. The van der Waals surface area contributed by atoms with Crippen molar-refractivity contribution >= 4 is 5.91 Å². The summed E-state index contributed by atoms with van der Waals surface area (Å²) in [6.07, 6.45) is 0.996. The van der Waals surface area contributed by atoms with Crippen LogP contribution in [0, 0.1) is 13.8 Å². The van der Waals surface area contributed by atoms with Gasteiger partial charge in [-0.05, 0) is 32.9 Å². The predicted octanol–water partition coefficient (Wildman–Crippen LogP) is 0.368. The van der Waals surface area contributed by atoms with Gasteiger partial charge in [0.25, 0.3) is 0 Å². The van der Waals surface area contributed by atoms with Gasteiger partial charge in [0.15, 0.2) is 0 Å². The van der Waals surface area contributed by atoms with Crippen LogP contribution in [0.2, 0.25) is 0 Å². The zero-order valence-electron chi connectivity index (χ0n) is 10.3. The minimum absolute atomic E-state index is 0.271. The van der Waals surface area contributed by atoms with Gasteiger partial charge in [-0.2, -0.15) is 0 Å². The van der Waals surface area contributed by atoms with Crippen LogP contribution in [0.25, 0.3) is 0 Å². The molecule has 0 bridgehead atoms. The third-order valence-electron chi connectivity index (χ3n) is 3.02. The van der Waals surface area contributed by atoms with E-state index in [-0.39, 0.29) is 5.91 Å². The Bertz CT molecular complexity index is 412. The molecule has 2 heterocycles. The van der Waals surface area contributed by atoms with E-state index in [1.54, 1.807) is 0 Å². The molecule has 1 aromatic heterocycles. The van der Waals surface area contributed by atoms with Crippen LogP contribution in [0.5, 0.6) is 0 Å². The smallest absolute Gasteiger partial charge is 0.231 e. The van der Waals surface area contributed by atoms with Gasteiger partial charge in [-0.25, -0.2) is 9.97 Å². The van der Waals surface area contributed by atoms with Crippen molar-refractivity contribution in [2.45, 2.75) is 26.2 Å². The molecule has 5 heteroatoms. The highest BCUT2D eigenvalue weighted by Gasteiger charge is 2.26. The van der Waals surface area contributed by atoms with Gasteiger partial charge in [-0.1, -0.05) is 0 Å². The van der Waals surface area contributed by atoms with E-state index in [0.717, 1.165) is 36.7 Å². The molecule has 1 aromatic rings. The first-order chi connectivity index (χ1) is 8.04. The zero-order chi connectivity index (χ0) is 12.4. The number of hydrogen-bond donors (Lipinski definition) is 1. The van der Waals surface area contributed by atoms with Crippen molar-refractivity contribution in [3.63, 3.8) is 0 Å². The number of nitrogens with zero attached hydrogens (tertiary/aromatic N) is 3. The number of hydrogen-bond acceptors (Lipinski definition) is 4. The lowest BCUT2D eigenvalue weighted by molar-refractivity contribution is -0.118. The fourth-order valence-electron chi connectivity index (χ4n) is 2.34. The molecule has 1 saturated heterocycles. The summed E-state index contributed by atoms with van der Waals surface area (Å²) in [6, 6.07) is 1.97. The molecule has 17 heavy (non-hydrogen) atoms. The maximum absolute atomic E-state index is 10.9. The number of carbonyl (C=O) groups is 1. The number of rotatable bonds is 3. The summed E-state index contributed by atoms with van der Waals surface area (Å²) in [5.74, 6) is 0.953. The second-order valence-corrected chi connectivity index (χ2v) is 4.70. The van der Waals surface area contributed by atoms with E-state index in [2.05, 4.69) is 14.9 Å². The summed E-state index contributed by atoms with van der Waals surface area (Å²) >= 11 is 0. The van der Waals surface area contributed by atoms with Crippen LogP contribution >= 0.6 is 0 Å². The zero-order valence-corrected chi connectivity index (χ0v) is 10.3. The van der Waals surface area contributed by atoms with Crippen molar-refractivity contribution in [3.05, 3.63) is 23.3 Å². The lowest BCUT2D eigenvalue weighted by Gasteiger charge is -2.13. The van der Waals surface area contributed by atoms with Crippen molar-refractivity contribution in [1.29, 1.82) is 0 Å². The second-order valence-electron chi connectivity index (χ2n) is 4.70. The molecule has 1 fully saturated rings. The van der Waals surface area contributed by atoms with Crippen LogP contribution < -0.4 is 5.73 Å². The number of nitrogens with two attached hydrogens (primary N) is 1. The van der Waals surface area contributed by atoms with Gasteiger partial charge >= 0.3 is 0 Å². The van der Waals surface area contributed by atoms with Gasteiger partial charge in [-0.15, -0.1) is 0 Å². The first kappa shape index (κ1) is 12.0. The molecule has 2 N–H and O–H groups in total. The highest BCUT2D eigenvalue weighted by atomic mass is 16.1. The van der Waals surface area contributed by atoms with Crippen LogP contribution in [0.4, 0.5) is 0 Å². The van der Waals surface area contributed by atoms with Gasteiger partial charge in [0.1, 0.15) is 5.82 Å². The lowest BCUT2D eigenvalue weighted by Crippen LogP contribution is -2.32. The van der Waals surface area contributed by atoms with Crippen LogP contribution in [0.1, 0.15) is 29.6 Å². The molecule has 0 aliphatic carbocycles. The third-order valence-corrected chi connectivity index (χ3v) is 3.02. The molecular weight excluding hydrogens is 216 g/mol. The molecule has 1 unspecified atom stereocenters. The molecular formula is C12H18N4O. The molecule has 0 aromatic carbocycles. The minimum Gasteiger partial charge on any atom is -0.369 e. The fraction of sp³-hybridized carbons (Fsp3) is 0.583. The SMILES string of the molecule is Cc1cc(C)nc(C2CCN(CC(N)=O)C2)n1. The molecule has 2 rings (SSSR count). The largest absolute Gasteiger partial charge is 0.369 e. The number of aryl methyl sites for hydroxylation is 2. The average Bonchev–Trinajstić information content (AvgIpc) is 2.63. The Kier molecular flexibility index (Phi) is 3.38. The highest BCUT2D eigenvalue weighted by molar-refractivity contribution is 5.75. The Balaban J connectivity index is 2.07. The van der Waals surface area contributed by atoms with E-state index in [9.17, 15) is 4.79 Å². The summed E-state index contributed by atoms with van der Waals surface area (Å²) in [7, 11) is 0. The maximum Gasteiger partial charge on any atom is 0.231 e. The molecule has 5 nitrogen and oxygen atoms in total. The highest BCUT2D eigenvalue weighted by Crippen LogP contribution is 2.24. The Hall–Kier alpha value is -1.49. The minimum atomic E-state index is -0.271. The topological polar surface area (TPSA) is 72.1 Å². The summed E-state index contributed by atoms with van der Waals surface area (Å²) < 4.78 is 0. The van der Waals surface area contributed by atoms with Crippen molar-refractivity contribution in [3.8, 4) is 0 Å². The Morgan fingerprint density at radius 3 is 2.71 bits per heavy atom. The standard InChI is InChI=1S/C12H18N4O/c1-8-5-9(2)15-12(14-8)10-3-4-16(6-10)7-11(13)17/h5,10H,3-4,6-7H2,1-2H3,(H2,13,17). The van der Waals surface area contributed by atoms with E-state index < -0.39 is 0 Å². The average molecular weight is 234 g/mol. The van der Waals surface area contributed by atoms with Crippen molar-refractivity contribution in [2.24, 2.45) is 5.73 Å². The van der Waals surface area contributed by atoms with E-state index >= 15 is 0 Å². The number of primary amides is 1. The molecule has 1 amide bonds. The number of likely N-dealkylation sites (tertiary alicyclic amines) is 1. The van der Waals surface area contributed by atoms with Gasteiger partial charge in [0.05, 0.1) is 6.54 Å². The molecule has 1 aliphatic rings. The molecule has 0 radical (unpaired) electrons. The third kappa shape index (κ3) is 3.00. The Morgan fingerprint density at radius 2 is 2.12 bits per heavy atom. The molecule has 1 aliphatic heterocycles. The van der Waals surface area contributed by atoms with E-state index in [1.807, 2.05) is 19.9 Å². The molecule has 0 saturated carbocycles. The number of amides is 1. The predicted molar refractivity (Wildman–Crippen MR) is 64.5 cm³/mol. The summed E-state index contributed by atoms with van der Waals surface area (Å²) in [5.41, 5.74) is 7.19. The Labute approximate surface area is 101 Å². The quantitative estimate of drug-likeness (QED) is 0.820. The van der Waals surface area contributed by atoms with Gasteiger partial charge in [-0.3, -0.25) is 9.69 Å². The normalized spacial score (nSPS) is 20.7. The Morgan fingerprint density at radius 1 is 1.47 bits per heavy atom. The molecule has 92 valence electrons. The van der Waals surface area contributed by atoms with E-state index in [4.69, 9.17) is 5.73 Å². The van der Waals surface area contributed by atoms with Crippen LogP contribution in [-0.4, -0.2) is 40.4 Å². The summed E-state index contributed by atoms with van der Waals surface area (Å²) in [6.45, 7) is 6.01. The van der Waals surface area contributed by atoms with Crippen LogP contribution in [0.15, 0.2) is 6.07 Å². The summed E-state index contributed by atoms with van der Waals surface area (Å²) in [5, 5.41) is 0. The van der Waals surface area contributed by atoms with E-state index in [0.29, 0.717) is 12.5 Å². The van der Waals surface area contributed by atoms with Crippen molar-refractivity contribution in [2.75, 3.05) is 19.6 Å². The van der Waals surface area contributed by atoms with E-state index in [1.165, 1.54) is 0 Å². The monoisotopic (exact) mass is 234 g/mol. The fourth-order valence-corrected chi connectivity index (χ4v) is 2.34. The lowest BCUT2D eigenvalue weighted by atomic mass is 10.1. The molecule has 0 spiro atoms. The van der Waals surface area contributed by atoms with Crippen LogP contribution in [-0.2, 0) is 4.79 Å². The second kappa shape index (κ2) is 4.79. The van der Waals surface area contributed by atoms with Gasteiger partial charge in [0.2, 0.25) is 5.91 Å². The first-order valence-corrected chi connectivity index (χ1v) is 5.87. The summed E-state index contributed by atoms with van der Waals surface area (Å²) in [4.78, 5) is 21.9. The van der Waals surface area contributed by atoms with Crippen molar-refractivity contribution < 1.29 is 4.79 Å². The first-order valence-electron chi connectivity index (χ1n) is 5.87.